The Morgan fingerprint density at radius 2 is 1.86 bits per heavy atom. The fourth-order valence-electron chi connectivity index (χ4n) is 2.86. The number of nitrogens with one attached hydrogen (secondary N) is 1. The van der Waals surface area contributed by atoms with Crippen LogP contribution < -0.4 is 10.2 Å². The number of benzene rings is 1. The second kappa shape index (κ2) is 8.03. The Labute approximate surface area is 132 Å². The predicted molar refractivity (Wildman–Crippen MR) is 89.3 cm³/mol. The smallest absolute Gasteiger partial charge is 0.234 e. The molecule has 1 atom stereocenters. The molecular formula is C17H27N3O2. The number of rotatable bonds is 6. The first-order chi connectivity index (χ1) is 10.6. The first-order valence-electron chi connectivity index (χ1n) is 8.14. The van der Waals surface area contributed by atoms with Gasteiger partial charge in [0.2, 0.25) is 5.91 Å². The van der Waals surface area contributed by atoms with Crippen LogP contribution >= 0.6 is 0 Å². The van der Waals surface area contributed by atoms with Gasteiger partial charge in [-0.05, 0) is 37.6 Å². The van der Waals surface area contributed by atoms with E-state index >= 15 is 0 Å². The van der Waals surface area contributed by atoms with Gasteiger partial charge in [0.1, 0.15) is 5.75 Å². The molecule has 0 spiro atoms. The predicted octanol–water partition coefficient (Wildman–Crippen LogP) is 1.82. The van der Waals surface area contributed by atoms with Crippen molar-refractivity contribution in [1.82, 2.24) is 10.2 Å². The van der Waals surface area contributed by atoms with Gasteiger partial charge in [-0.1, -0.05) is 13.3 Å². The number of phenols is 1. The van der Waals surface area contributed by atoms with Crippen molar-refractivity contribution in [2.75, 3.05) is 37.6 Å². The molecule has 1 saturated heterocycles. The number of hydrogen-bond acceptors (Lipinski definition) is 4. The minimum Gasteiger partial charge on any atom is -0.508 e. The van der Waals surface area contributed by atoms with Crippen LogP contribution in [0.4, 0.5) is 5.69 Å². The number of carbonyl (C=O) groups excluding carboxylic acids is 1. The van der Waals surface area contributed by atoms with Crippen molar-refractivity contribution in [3.8, 4) is 5.75 Å². The van der Waals surface area contributed by atoms with E-state index < -0.39 is 0 Å². The molecule has 1 heterocycles. The molecule has 0 aromatic heterocycles. The highest BCUT2D eigenvalue weighted by molar-refractivity contribution is 5.78. The third-order valence-electron chi connectivity index (χ3n) is 4.08. The first kappa shape index (κ1) is 16.6. The van der Waals surface area contributed by atoms with E-state index in [1.54, 1.807) is 12.1 Å². The summed E-state index contributed by atoms with van der Waals surface area (Å²) in [5.74, 6) is 0.416. The molecule has 0 aliphatic carbocycles. The van der Waals surface area contributed by atoms with Crippen LogP contribution in [0.1, 0.15) is 26.7 Å². The molecule has 5 heteroatoms. The van der Waals surface area contributed by atoms with Crippen LogP contribution in [-0.4, -0.2) is 54.7 Å². The summed E-state index contributed by atoms with van der Waals surface area (Å²) in [4.78, 5) is 16.5. The average Bonchev–Trinajstić information content (AvgIpc) is 2.49. The van der Waals surface area contributed by atoms with Crippen molar-refractivity contribution in [1.29, 1.82) is 0 Å². The van der Waals surface area contributed by atoms with Gasteiger partial charge < -0.3 is 15.3 Å². The molecule has 0 saturated carbocycles. The minimum absolute atomic E-state index is 0.124. The number of hydrogen-bond donors (Lipinski definition) is 2. The van der Waals surface area contributed by atoms with Gasteiger partial charge in [0.25, 0.3) is 0 Å². The summed E-state index contributed by atoms with van der Waals surface area (Å²) < 4.78 is 0. The molecule has 2 N–H and O–H groups in total. The van der Waals surface area contributed by atoms with Crippen LogP contribution in [0.3, 0.4) is 0 Å². The third kappa shape index (κ3) is 4.91. The zero-order valence-corrected chi connectivity index (χ0v) is 13.6. The summed E-state index contributed by atoms with van der Waals surface area (Å²) in [5, 5.41) is 12.4. The quantitative estimate of drug-likeness (QED) is 0.842. The van der Waals surface area contributed by atoms with Crippen LogP contribution in [0.15, 0.2) is 24.3 Å². The van der Waals surface area contributed by atoms with Crippen molar-refractivity contribution >= 4 is 11.6 Å². The average molecular weight is 305 g/mol. The Morgan fingerprint density at radius 3 is 2.45 bits per heavy atom. The van der Waals surface area contributed by atoms with Crippen molar-refractivity contribution < 1.29 is 9.90 Å². The molecule has 1 aliphatic rings. The maximum absolute atomic E-state index is 12.0. The van der Waals surface area contributed by atoms with Crippen molar-refractivity contribution in [3.05, 3.63) is 24.3 Å². The van der Waals surface area contributed by atoms with E-state index in [1.165, 1.54) is 0 Å². The van der Waals surface area contributed by atoms with E-state index in [0.29, 0.717) is 12.3 Å². The van der Waals surface area contributed by atoms with Crippen molar-refractivity contribution in [2.45, 2.75) is 32.7 Å². The third-order valence-corrected chi connectivity index (χ3v) is 4.08. The molecule has 22 heavy (non-hydrogen) atoms. The van der Waals surface area contributed by atoms with Gasteiger partial charge in [-0.25, -0.2) is 0 Å². The summed E-state index contributed by atoms with van der Waals surface area (Å²) in [7, 11) is 0. The number of nitrogens with zero attached hydrogens (tertiary/aromatic N) is 2. The lowest BCUT2D eigenvalue weighted by Gasteiger charge is -2.35. The zero-order valence-electron chi connectivity index (χ0n) is 13.6. The normalized spacial score (nSPS) is 17.3. The lowest BCUT2D eigenvalue weighted by atomic mass is 10.2. The lowest BCUT2D eigenvalue weighted by Crippen LogP contribution is -2.50. The number of amides is 1. The number of carbonyl (C=O) groups is 1. The van der Waals surface area contributed by atoms with E-state index in [9.17, 15) is 9.90 Å². The molecule has 1 aromatic carbocycles. The first-order valence-corrected chi connectivity index (χ1v) is 8.14. The van der Waals surface area contributed by atoms with Crippen molar-refractivity contribution in [3.63, 3.8) is 0 Å². The monoisotopic (exact) mass is 305 g/mol. The van der Waals surface area contributed by atoms with E-state index in [4.69, 9.17) is 0 Å². The van der Waals surface area contributed by atoms with Crippen LogP contribution in [0.5, 0.6) is 5.75 Å². The van der Waals surface area contributed by atoms with Gasteiger partial charge in [-0.3, -0.25) is 9.69 Å². The summed E-state index contributed by atoms with van der Waals surface area (Å²) in [6.45, 7) is 8.25. The largest absolute Gasteiger partial charge is 0.508 e. The molecule has 0 radical (unpaired) electrons. The molecule has 2 rings (SSSR count). The molecule has 0 bridgehead atoms. The Hall–Kier alpha value is -1.75. The molecule has 1 fully saturated rings. The lowest BCUT2D eigenvalue weighted by molar-refractivity contribution is -0.122. The van der Waals surface area contributed by atoms with Crippen LogP contribution in [0.25, 0.3) is 0 Å². The Kier molecular flexibility index (Phi) is 6.07. The van der Waals surface area contributed by atoms with E-state index in [1.807, 2.05) is 12.1 Å². The van der Waals surface area contributed by atoms with Crippen LogP contribution in [-0.2, 0) is 4.79 Å². The second-order valence-corrected chi connectivity index (χ2v) is 6.04. The topological polar surface area (TPSA) is 55.8 Å². The summed E-state index contributed by atoms with van der Waals surface area (Å²) in [6, 6.07) is 7.55. The van der Waals surface area contributed by atoms with E-state index in [2.05, 4.69) is 29.0 Å². The number of anilines is 1. The minimum atomic E-state index is 0.124. The molecule has 1 aromatic rings. The molecular weight excluding hydrogens is 278 g/mol. The molecule has 1 amide bonds. The Balaban J connectivity index is 1.75. The van der Waals surface area contributed by atoms with Gasteiger partial charge in [0.15, 0.2) is 0 Å². The zero-order chi connectivity index (χ0) is 15.9. The maximum atomic E-state index is 12.0. The Morgan fingerprint density at radius 1 is 1.23 bits per heavy atom. The number of piperazine rings is 1. The summed E-state index contributed by atoms with van der Waals surface area (Å²) >= 11 is 0. The SMILES string of the molecule is CCC[C@@H](C)NC(=O)CN1CCN(c2ccc(O)cc2)CC1. The highest BCUT2D eigenvalue weighted by Gasteiger charge is 2.19. The van der Waals surface area contributed by atoms with E-state index in [0.717, 1.165) is 44.7 Å². The van der Waals surface area contributed by atoms with Gasteiger partial charge in [0, 0.05) is 37.9 Å². The van der Waals surface area contributed by atoms with Gasteiger partial charge in [0.05, 0.1) is 6.54 Å². The molecule has 5 nitrogen and oxygen atoms in total. The van der Waals surface area contributed by atoms with E-state index in [-0.39, 0.29) is 11.9 Å². The standard InChI is InChI=1S/C17H27N3O2/c1-3-4-14(2)18-17(22)13-19-9-11-20(12-10-19)15-5-7-16(21)8-6-15/h5-8,14,21H,3-4,9-13H2,1-2H3,(H,18,22)/t14-/m1/s1. The fraction of sp³-hybridized carbons (Fsp3) is 0.588. The van der Waals surface area contributed by atoms with Gasteiger partial charge in [-0.15, -0.1) is 0 Å². The van der Waals surface area contributed by atoms with Gasteiger partial charge in [-0.2, -0.15) is 0 Å². The van der Waals surface area contributed by atoms with Crippen molar-refractivity contribution in [2.24, 2.45) is 0 Å². The number of aromatic hydroxyl groups is 1. The molecule has 1 aliphatic heterocycles. The Bertz CT molecular complexity index is 467. The summed E-state index contributed by atoms with van der Waals surface area (Å²) in [5.41, 5.74) is 1.12. The molecule has 0 unspecified atom stereocenters. The highest BCUT2D eigenvalue weighted by atomic mass is 16.3. The number of phenolic OH excluding ortho intramolecular Hbond substituents is 1. The van der Waals surface area contributed by atoms with Gasteiger partial charge >= 0.3 is 0 Å². The highest BCUT2D eigenvalue weighted by Crippen LogP contribution is 2.19. The fourth-order valence-corrected chi connectivity index (χ4v) is 2.86. The van der Waals surface area contributed by atoms with Crippen LogP contribution in [0.2, 0.25) is 0 Å². The van der Waals surface area contributed by atoms with Crippen LogP contribution in [0, 0.1) is 0 Å². The second-order valence-electron chi connectivity index (χ2n) is 6.04. The molecule has 122 valence electrons. The maximum Gasteiger partial charge on any atom is 0.234 e. The summed E-state index contributed by atoms with van der Waals surface area (Å²) in [6.07, 6.45) is 2.12.